The zero-order chi connectivity index (χ0) is 10.4. The summed E-state index contributed by atoms with van der Waals surface area (Å²) in [6.07, 6.45) is -0.131. The van der Waals surface area contributed by atoms with Gasteiger partial charge in [0.05, 0.1) is 11.9 Å². The summed E-state index contributed by atoms with van der Waals surface area (Å²) < 4.78 is 4.84. The molecule has 0 heterocycles. The van der Waals surface area contributed by atoms with E-state index in [0.717, 1.165) is 11.8 Å². The topological polar surface area (TPSA) is 43.4 Å². The van der Waals surface area contributed by atoms with Crippen LogP contribution in [0.4, 0.5) is 0 Å². The minimum absolute atomic E-state index is 0.0594. The second-order valence-corrected chi connectivity index (χ2v) is 3.84. The van der Waals surface area contributed by atoms with Crippen molar-refractivity contribution in [1.82, 2.24) is 0 Å². The van der Waals surface area contributed by atoms with Gasteiger partial charge in [-0.15, -0.1) is 0 Å². The first-order valence-electron chi connectivity index (χ1n) is 3.95. The van der Waals surface area contributed by atoms with Crippen molar-refractivity contribution in [2.24, 2.45) is 0 Å². The molecule has 0 saturated carbocycles. The first-order chi connectivity index (χ1) is 5.93. The molecule has 0 fully saturated rings. The van der Waals surface area contributed by atoms with E-state index in [2.05, 4.69) is 6.58 Å². The fourth-order valence-electron chi connectivity index (χ4n) is 0.545. The number of hydrogen-bond acceptors (Lipinski definition) is 4. The lowest BCUT2D eigenvalue weighted by molar-refractivity contribution is -0.144. The fraction of sp³-hybridized carbons (Fsp3) is 0.556. The van der Waals surface area contributed by atoms with Crippen molar-refractivity contribution < 1.29 is 14.3 Å². The van der Waals surface area contributed by atoms with Gasteiger partial charge in [0.15, 0.2) is 0 Å². The Morgan fingerprint density at radius 3 is 2.38 bits per heavy atom. The molecule has 0 spiro atoms. The van der Waals surface area contributed by atoms with Crippen LogP contribution >= 0.6 is 11.8 Å². The smallest absolute Gasteiger partial charge is 0.316 e. The van der Waals surface area contributed by atoms with Crippen LogP contribution < -0.4 is 0 Å². The molecule has 4 heteroatoms. The highest BCUT2D eigenvalue weighted by atomic mass is 32.2. The lowest BCUT2D eigenvalue weighted by Crippen LogP contribution is -2.14. The maximum atomic E-state index is 11.0. The van der Waals surface area contributed by atoms with Gasteiger partial charge in [-0.05, 0) is 26.3 Å². The SMILES string of the molecule is C=C(C)C(=O)SCC(=O)OC(C)C. The Morgan fingerprint density at radius 1 is 1.46 bits per heavy atom. The molecule has 0 aliphatic rings. The second-order valence-electron chi connectivity index (χ2n) is 2.90. The summed E-state index contributed by atoms with van der Waals surface area (Å²) >= 11 is 0.922. The molecule has 0 aliphatic carbocycles. The highest BCUT2D eigenvalue weighted by molar-refractivity contribution is 8.14. The van der Waals surface area contributed by atoms with Gasteiger partial charge < -0.3 is 4.74 Å². The molecule has 0 aromatic heterocycles. The van der Waals surface area contributed by atoms with Crippen LogP contribution in [0.15, 0.2) is 12.2 Å². The zero-order valence-corrected chi connectivity index (χ0v) is 8.94. The van der Waals surface area contributed by atoms with E-state index in [4.69, 9.17) is 4.74 Å². The number of rotatable bonds is 4. The van der Waals surface area contributed by atoms with E-state index >= 15 is 0 Å². The van der Waals surface area contributed by atoms with E-state index in [-0.39, 0.29) is 22.9 Å². The Hall–Kier alpha value is -0.770. The fourth-order valence-corrected chi connectivity index (χ4v) is 1.11. The molecule has 13 heavy (non-hydrogen) atoms. The number of thioether (sulfide) groups is 1. The van der Waals surface area contributed by atoms with Crippen molar-refractivity contribution in [1.29, 1.82) is 0 Å². The molecule has 3 nitrogen and oxygen atoms in total. The van der Waals surface area contributed by atoms with Crippen LogP contribution in [0.2, 0.25) is 0 Å². The molecule has 0 bridgehead atoms. The molecule has 74 valence electrons. The van der Waals surface area contributed by atoms with Crippen molar-refractivity contribution in [2.75, 3.05) is 5.75 Å². The van der Waals surface area contributed by atoms with E-state index in [1.807, 2.05) is 0 Å². The average molecular weight is 202 g/mol. The standard InChI is InChI=1S/C9H14O3S/c1-6(2)9(11)13-5-8(10)12-7(3)4/h7H,1,5H2,2-4H3. The van der Waals surface area contributed by atoms with E-state index in [9.17, 15) is 9.59 Å². The Bertz CT molecular complexity index is 221. The molecule has 0 rings (SSSR count). The maximum Gasteiger partial charge on any atom is 0.316 e. The van der Waals surface area contributed by atoms with Crippen LogP contribution in [-0.4, -0.2) is 22.9 Å². The third kappa shape index (κ3) is 6.40. The summed E-state index contributed by atoms with van der Waals surface area (Å²) in [5, 5.41) is -0.166. The van der Waals surface area contributed by atoms with Crippen molar-refractivity contribution in [3.63, 3.8) is 0 Å². The monoisotopic (exact) mass is 202 g/mol. The highest BCUT2D eigenvalue weighted by Crippen LogP contribution is 2.09. The van der Waals surface area contributed by atoms with Crippen molar-refractivity contribution in [3.05, 3.63) is 12.2 Å². The number of carbonyl (C=O) groups is 2. The molecular weight excluding hydrogens is 188 g/mol. The number of esters is 1. The minimum atomic E-state index is -0.366. The predicted molar refractivity (Wildman–Crippen MR) is 53.5 cm³/mol. The van der Waals surface area contributed by atoms with E-state index in [1.165, 1.54) is 0 Å². The summed E-state index contributed by atoms with van der Waals surface area (Å²) in [5.41, 5.74) is 0.447. The van der Waals surface area contributed by atoms with Gasteiger partial charge in [-0.25, -0.2) is 0 Å². The van der Waals surface area contributed by atoms with Crippen LogP contribution in [0.25, 0.3) is 0 Å². The summed E-state index contributed by atoms with van der Waals surface area (Å²) in [7, 11) is 0. The van der Waals surface area contributed by atoms with Gasteiger partial charge in [-0.1, -0.05) is 18.3 Å². The molecular formula is C9H14O3S. The summed E-state index contributed by atoms with van der Waals surface area (Å²) in [5.74, 6) is -0.307. The number of carbonyl (C=O) groups excluding carboxylic acids is 2. The average Bonchev–Trinajstić information content (AvgIpc) is 1.98. The van der Waals surface area contributed by atoms with Crippen LogP contribution in [0.3, 0.4) is 0 Å². The van der Waals surface area contributed by atoms with Crippen LogP contribution in [-0.2, 0) is 14.3 Å². The lowest BCUT2D eigenvalue weighted by atomic mass is 10.4. The summed E-state index contributed by atoms with van der Waals surface area (Å²) in [6, 6.07) is 0. The third-order valence-corrected chi connectivity index (χ3v) is 2.03. The van der Waals surface area contributed by atoms with E-state index < -0.39 is 0 Å². The van der Waals surface area contributed by atoms with Crippen LogP contribution in [0, 0.1) is 0 Å². The van der Waals surface area contributed by atoms with Gasteiger partial charge in [-0.3, -0.25) is 9.59 Å². The number of ether oxygens (including phenoxy) is 1. The largest absolute Gasteiger partial charge is 0.462 e. The van der Waals surface area contributed by atoms with Crippen LogP contribution in [0.1, 0.15) is 20.8 Å². The molecule has 0 aliphatic heterocycles. The minimum Gasteiger partial charge on any atom is -0.462 e. The van der Waals surface area contributed by atoms with Crippen LogP contribution in [0.5, 0.6) is 0 Å². The second kappa shape index (κ2) is 5.80. The van der Waals surface area contributed by atoms with Crippen molar-refractivity contribution in [2.45, 2.75) is 26.9 Å². The quantitative estimate of drug-likeness (QED) is 0.515. The van der Waals surface area contributed by atoms with Crippen molar-refractivity contribution in [3.8, 4) is 0 Å². The van der Waals surface area contributed by atoms with Gasteiger partial charge in [0.1, 0.15) is 0 Å². The van der Waals surface area contributed by atoms with E-state index in [1.54, 1.807) is 20.8 Å². The Labute approximate surface area is 82.5 Å². The molecule has 0 saturated heterocycles. The molecule has 0 amide bonds. The highest BCUT2D eigenvalue weighted by Gasteiger charge is 2.09. The Kier molecular flexibility index (Phi) is 5.46. The third-order valence-electron chi connectivity index (χ3n) is 1.04. The normalized spacial score (nSPS) is 9.85. The van der Waals surface area contributed by atoms with Gasteiger partial charge in [0.25, 0.3) is 0 Å². The molecule has 0 radical (unpaired) electrons. The predicted octanol–water partition coefficient (Wildman–Crippen LogP) is 1.77. The van der Waals surface area contributed by atoms with Gasteiger partial charge in [-0.2, -0.15) is 0 Å². The molecule has 0 aromatic rings. The first-order valence-corrected chi connectivity index (χ1v) is 4.94. The first kappa shape index (κ1) is 12.2. The van der Waals surface area contributed by atoms with Gasteiger partial charge in [0, 0.05) is 0 Å². The Morgan fingerprint density at radius 2 is 2.00 bits per heavy atom. The number of hydrogen-bond donors (Lipinski definition) is 0. The van der Waals surface area contributed by atoms with E-state index in [0.29, 0.717) is 5.57 Å². The summed E-state index contributed by atoms with van der Waals surface area (Å²) in [4.78, 5) is 21.9. The molecule has 0 atom stereocenters. The molecule has 0 unspecified atom stereocenters. The van der Waals surface area contributed by atoms with Gasteiger partial charge >= 0.3 is 5.97 Å². The zero-order valence-electron chi connectivity index (χ0n) is 8.12. The molecule has 0 aromatic carbocycles. The summed E-state index contributed by atoms with van der Waals surface area (Å²) in [6.45, 7) is 8.62. The lowest BCUT2D eigenvalue weighted by Gasteiger charge is -2.06. The maximum absolute atomic E-state index is 11.0. The van der Waals surface area contributed by atoms with Crippen molar-refractivity contribution >= 4 is 22.8 Å². The Balaban J connectivity index is 3.71. The molecule has 0 N–H and O–H groups in total. The van der Waals surface area contributed by atoms with Gasteiger partial charge in [0.2, 0.25) is 5.12 Å².